The number of anilines is 1. The predicted molar refractivity (Wildman–Crippen MR) is 55.2 cm³/mol. The van der Waals surface area contributed by atoms with Crippen molar-refractivity contribution in [1.82, 2.24) is 4.98 Å². The van der Waals surface area contributed by atoms with E-state index in [4.69, 9.17) is 4.42 Å². The largest absolute Gasteiger partial charge is 0.423 e. The van der Waals surface area contributed by atoms with Crippen LogP contribution in [0.1, 0.15) is 0 Å². The van der Waals surface area contributed by atoms with Crippen molar-refractivity contribution in [2.45, 2.75) is 6.43 Å². The average Bonchev–Trinajstić information content (AvgIpc) is 2.67. The Bertz CT molecular complexity index is 555. The second-order valence-corrected chi connectivity index (χ2v) is 3.20. The molecule has 0 atom stereocenters. The summed E-state index contributed by atoms with van der Waals surface area (Å²) in [5.74, 6) is 0. The molecule has 90 valence electrons. The molecule has 0 bridgehead atoms. The van der Waals surface area contributed by atoms with Crippen LogP contribution in [-0.4, -0.2) is 22.9 Å². The zero-order valence-electron chi connectivity index (χ0n) is 8.39. The lowest BCUT2D eigenvalue weighted by Gasteiger charge is -1.97. The highest BCUT2D eigenvalue weighted by molar-refractivity contribution is 5.77. The van der Waals surface area contributed by atoms with Crippen LogP contribution in [0.25, 0.3) is 11.1 Å². The zero-order valence-corrected chi connectivity index (χ0v) is 8.39. The first-order valence-electron chi connectivity index (χ1n) is 4.63. The summed E-state index contributed by atoms with van der Waals surface area (Å²) in [6.45, 7) is -0.588. The van der Waals surface area contributed by atoms with Gasteiger partial charge in [-0.05, 0) is 6.07 Å². The van der Waals surface area contributed by atoms with Crippen molar-refractivity contribution in [3.05, 3.63) is 28.3 Å². The Hall–Kier alpha value is -2.25. The quantitative estimate of drug-likeness (QED) is 0.658. The first kappa shape index (κ1) is 11.2. The summed E-state index contributed by atoms with van der Waals surface area (Å²) in [6.07, 6.45) is -2.53. The summed E-state index contributed by atoms with van der Waals surface area (Å²) in [7, 11) is 0. The number of benzene rings is 1. The molecule has 0 aliphatic carbocycles. The van der Waals surface area contributed by atoms with E-state index in [1.54, 1.807) is 0 Å². The van der Waals surface area contributed by atoms with E-state index in [0.717, 1.165) is 0 Å². The van der Waals surface area contributed by atoms with Gasteiger partial charge in [-0.2, -0.15) is 4.98 Å². The Labute approximate surface area is 93.4 Å². The minimum Gasteiger partial charge on any atom is -0.423 e. The fraction of sp³-hybridized carbons (Fsp3) is 0.222. The van der Waals surface area contributed by atoms with Gasteiger partial charge in [0.1, 0.15) is 5.52 Å². The molecule has 1 aromatic heterocycles. The maximum absolute atomic E-state index is 11.9. The van der Waals surface area contributed by atoms with Crippen LogP contribution in [0.15, 0.2) is 22.6 Å². The van der Waals surface area contributed by atoms with Gasteiger partial charge in [0.25, 0.3) is 18.1 Å². The summed E-state index contributed by atoms with van der Waals surface area (Å²) in [5.41, 5.74) is 0.400. The van der Waals surface area contributed by atoms with Crippen molar-refractivity contribution in [3.8, 4) is 0 Å². The van der Waals surface area contributed by atoms with Gasteiger partial charge in [-0.15, -0.1) is 0 Å². The van der Waals surface area contributed by atoms with Crippen LogP contribution in [0.5, 0.6) is 0 Å². The number of alkyl halides is 2. The molecule has 1 N–H and O–H groups in total. The molecule has 0 aliphatic rings. The van der Waals surface area contributed by atoms with E-state index in [-0.39, 0.29) is 17.3 Å². The minimum atomic E-state index is -2.53. The SMILES string of the molecule is O=[N+]([O-])c1ccc2nc(NCC(F)F)oc2c1. The molecular formula is C9H7F2N3O3. The second-order valence-electron chi connectivity index (χ2n) is 3.20. The molecule has 2 aromatic rings. The van der Waals surface area contributed by atoms with Gasteiger partial charge in [-0.3, -0.25) is 10.1 Å². The highest BCUT2D eigenvalue weighted by atomic mass is 19.3. The number of non-ortho nitro benzene ring substituents is 1. The maximum Gasteiger partial charge on any atom is 0.295 e. The van der Waals surface area contributed by atoms with Gasteiger partial charge in [0.2, 0.25) is 0 Å². The molecule has 0 saturated carbocycles. The summed E-state index contributed by atoms with van der Waals surface area (Å²) in [4.78, 5) is 13.8. The lowest BCUT2D eigenvalue weighted by atomic mass is 10.3. The van der Waals surface area contributed by atoms with Crippen LogP contribution in [0.3, 0.4) is 0 Å². The van der Waals surface area contributed by atoms with Crippen LogP contribution >= 0.6 is 0 Å². The molecule has 0 radical (unpaired) electrons. The van der Waals surface area contributed by atoms with Crippen molar-refractivity contribution in [1.29, 1.82) is 0 Å². The van der Waals surface area contributed by atoms with Crippen LogP contribution in [0, 0.1) is 10.1 Å². The van der Waals surface area contributed by atoms with E-state index in [1.807, 2.05) is 0 Å². The van der Waals surface area contributed by atoms with Crippen LogP contribution < -0.4 is 5.32 Å². The smallest absolute Gasteiger partial charge is 0.295 e. The lowest BCUT2D eigenvalue weighted by Crippen LogP contribution is -2.10. The first-order valence-corrected chi connectivity index (χ1v) is 4.63. The van der Waals surface area contributed by atoms with Crippen molar-refractivity contribution >= 4 is 22.8 Å². The number of nitrogens with one attached hydrogen (secondary N) is 1. The molecule has 8 heteroatoms. The maximum atomic E-state index is 11.9. The standard InChI is InChI=1S/C9H7F2N3O3/c10-8(11)4-12-9-13-6-2-1-5(14(15)16)3-7(6)17-9/h1-3,8H,4H2,(H,12,13). The summed E-state index contributed by atoms with van der Waals surface area (Å²) in [5, 5.41) is 12.8. The van der Waals surface area contributed by atoms with Gasteiger partial charge in [-0.25, -0.2) is 8.78 Å². The van der Waals surface area contributed by atoms with E-state index in [2.05, 4.69) is 10.3 Å². The Balaban J connectivity index is 2.27. The molecule has 0 spiro atoms. The molecule has 0 amide bonds. The number of nitrogens with zero attached hydrogens (tertiary/aromatic N) is 2. The van der Waals surface area contributed by atoms with E-state index >= 15 is 0 Å². The van der Waals surface area contributed by atoms with Crippen molar-refractivity contribution < 1.29 is 18.1 Å². The number of oxazole rings is 1. The second kappa shape index (κ2) is 4.32. The van der Waals surface area contributed by atoms with Crippen molar-refractivity contribution in [3.63, 3.8) is 0 Å². The summed E-state index contributed by atoms with van der Waals surface area (Å²) >= 11 is 0. The molecule has 1 aromatic carbocycles. The number of nitro groups is 1. The van der Waals surface area contributed by atoms with Gasteiger partial charge in [-0.1, -0.05) is 0 Å². The Kier molecular flexibility index (Phi) is 2.86. The number of hydrogen-bond donors (Lipinski definition) is 1. The highest BCUT2D eigenvalue weighted by Crippen LogP contribution is 2.23. The molecule has 0 aliphatic heterocycles. The molecule has 2 rings (SSSR count). The molecular weight excluding hydrogens is 236 g/mol. The van der Waals surface area contributed by atoms with E-state index in [0.29, 0.717) is 5.52 Å². The molecule has 0 unspecified atom stereocenters. The zero-order chi connectivity index (χ0) is 12.4. The number of nitro benzene ring substituents is 1. The molecule has 6 nitrogen and oxygen atoms in total. The third-order valence-electron chi connectivity index (χ3n) is 1.99. The van der Waals surface area contributed by atoms with E-state index in [9.17, 15) is 18.9 Å². The lowest BCUT2D eigenvalue weighted by molar-refractivity contribution is -0.384. The summed E-state index contributed by atoms with van der Waals surface area (Å²) < 4.78 is 28.9. The van der Waals surface area contributed by atoms with Gasteiger partial charge in [0.15, 0.2) is 5.58 Å². The van der Waals surface area contributed by atoms with Crippen molar-refractivity contribution in [2.75, 3.05) is 11.9 Å². The van der Waals surface area contributed by atoms with E-state index < -0.39 is 17.9 Å². The molecule has 0 fully saturated rings. The van der Waals surface area contributed by atoms with Gasteiger partial charge >= 0.3 is 0 Å². The highest BCUT2D eigenvalue weighted by Gasteiger charge is 2.12. The third-order valence-corrected chi connectivity index (χ3v) is 1.99. The number of halogens is 2. The van der Waals surface area contributed by atoms with Crippen LogP contribution in [0.4, 0.5) is 20.5 Å². The summed E-state index contributed by atoms with van der Waals surface area (Å²) in [6, 6.07) is 3.77. The normalized spacial score (nSPS) is 11.0. The number of fused-ring (bicyclic) bond motifs is 1. The van der Waals surface area contributed by atoms with Crippen LogP contribution in [0.2, 0.25) is 0 Å². The van der Waals surface area contributed by atoms with Gasteiger partial charge in [0, 0.05) is 6.07 Å². The van der Waals surface area contributed by atoms with Gasteiger partial charge in [0.05, 0.1) is 17.5 Å². The average molecular weight is 243 g/mol. The fourth-order valence-electron chi connectivity index (χ4n) is 1.27. The topological polar surface area (TPSA) is 81.2 Å². The van der Waals surface area contributed by atoms with Crippen LogP contribution in [-0.2, 0) is 0 Å². The Morgan fingerprint density at radius 1 is 1.53 bits per heavy atom. The van der Waals surface area contributed by atoms with E-state index in [1.165, 1.54) is 18.2 Å². The predicted octanol–water partition coefficient (Wildman–Crippen LogP) is 2.41. The van der Waals surface area contributed by atoms with Gasteiger partial charge < -0.3 is 9.73 Å². The third kappa shape index (κ3) is 2.47. The molecule has 17 heavy (non-hydrogen) atoms. The van der Waals surface area contributed by atoms with Crippen molar-refractivity contribution in [2.24, 2.45) is 0 Å². The number of aromatic nitrogens is 1. The fourth-order valence-corrected chi connectivity index (χ4v) is 1.27. The number of rotatable bonds is 4. The number of hydrogen-bond acceptors (Lipinski definition) is 5. The monoisotopic (exact) mass is 243 g/mol. The first-order chi connectivity index (χ1) is 8.06. The molecule has 0 saturated heterocycles. The Morgan fingerprint density at radius 2 is 2.29 bits per heavy atom. The molecule has 1 heterocycles. The Morgan fingerprint density at radius 3 is 2.94 bits per heavy atom. The minimum absolute atomic E-state index is 0.0826.